The van der Waals surface area contributed by atoms with Gasteiger partial charge >= 0.3 is 0 Å². The van der Waals surface area contributed by atoms with E-state index in [4.69, 9.17) is 0 Å². The topological polar surface area (TPSA) is 29.9 Å². The molecule has 3 nitrogen and oxygen atoms in total. The Labute approximate surface area is 80.2 Å². The Morgan fingerprint density at radius 3 is 2.85 bits per heavy atom. The van der Waals surface area contributed by atoms with E-state index in [9.17, 15) is 0 Å². The summed E-state index contributed by atoms with van der Waals surface area (Å²) in [5.41, 5.74) is 1.15. The number of nitrogens with zero attached hydrogens (tertiary/aromatic N) is 2. The first-order valence-electron chi connectivity index (χ1n) is 4.93. The highest BCUT2D eigenvalue weighted by molar-refractivity contribution is 5.02. The molecule has 1 atom stereocenters. The van der Waals surface area contributed by atoms with Crippen LogP contribution in [-0.4, -0.2) is 16.6 Å². The summed E-state index contributed by atoms with van der Waals surface area (Å²) in [7, 11) is 4.00. The number of imidazole rings is 1. The molecule has 1 aromatic heterocycles. The fourth-order valence-corrected chi connectivity index (χ4v) is 1.46. The maximum Gasteiger partial charge on any atom is 0.0947 e. The van der Waals surface area contributed by atoms with Crippen molar-refractivity contribution in [2.75, 3.05) is 7.05 Å². The summed E-state index contributed by atoms with van der Waals surface area (Å²) in [6.45, 7) is 2.21. The molecule has 0 spiro atoms. The van der Waals surface area contributed by atoms with Crippen molar-refractivity contribution in [2.24, 2.45) is 7.05 Å². The maximum atomic E-state index is 4.34. The van der Waals surface area contributed by atoms with Crippen molar-refractivity contribution in [3.8, 4) is 0 Å². The SMILES string of the molecule is CCCCC(NC)c1cn(C)cn1. The Morgan fingerprint density at radius 2 is 2.38 bits per heavy atom. The predicted molar refractivity (Wildman–Crippen MR) is 54.5 cm³/mol. The van der Waals surface area contributed by atoms with Gasteiger partial charge < -0.3 is 9.88 Å². The van der Waals surface area contributed by atoms with Crippen molar-refractivity contribution in [2.45, 2.75) is 32.2 Å². The molecule has 0 radical (unpaired) electrons. The van der Waals surface area contributed by atoms with Crippen molar-refractivity contribution in [1.29, 1.82) is 0 Å². The van der Waals surface area contributed by atoms with E-state index in [1.165, 1.54) is 19.3 Å². The highest BCUT2D eigenvalue weighted by Crippen LogP contribution is 2.16. The molecule has 0 aliphatic carbocycles. The Kier molecular flexibility index (Phi) is 3.96. The van der Waals surface area contributed by atoms with Crippen LogP contribution >= 0.6 is 0 Å². The lowest BCUT2D eigenvalue weighted by molar-refractivity contribution is 0.513. The summed E-state index contributed by atoms with van der Waals surface area (Å²) in [6.07, 6.45) is 7.60. The van der Waals surface area contributed by atoms with Crippen molar-refractivity contribution in [3.63, 3.8) is 0 Å². The van der Waals surface area contributed by atoms with E-state index >= 15 is 0 Å². The van der Waals surface area contributed by atoms with Crippen LogP contribution in [0.25, 0.3) is 0 Å². The van der Waals surface area contributed by atoms with E-state index in [0.717, 1.165) is 5.69 Å². The lowest BCUT2D eigenvalue weighted by Crippen LogP contribution is -2.16. The fraction of sp³-hybridized carbons (Fsp3) is 0.700. The minimum Gasteiger partial charge on any atom is -0.340 e. The Balaban J connectivity index is 2.56. The van der Waals surface area contributed by atoms with E-state index in [1.54, 1.807) is 0 Å². The molecule has 0 amide bonds. The van der Waals surface area contributed by atoms with E-state index in [-0.39, 0.29) is 0 Å². The van der Waals surface area contributed by atoms with Gasteiger partial charge in [0.2, 0.25) is 0 Å². The zero-order valence-corrected chi connectivity index (χ0v) is 8.75. The summed E-state index contributed by atoms with van der Waals surface area (Å²) < 4.78 is 1.99. The molecule has 1 N–H and O–H groups in total. The predicted octanol–water partition coefficient (Wildman–Crippen LogP) is 1.87. The van der Waals surface area contributed by atoms with Gasteiger partial charge in [-0.05, 0) is 13.5 Å². The molecule has 0 aliphatic rings. The minimum atomic E-state index is 0.418. The van der Waals surface area contributed by atoms with Crippen LogP contribution in [0.3, 0.4) is 0 Å². The molecular weight excluding hydrogens is 162 g/mol. The fourth-order valence-electron chi connectivity index (χ4n) is 1.46. The van der Waals surface area contributed by atoms with Gasteiger partial charge in [-0.25, -0.2) is 4.98 Å². The van der Waals surface area contributed by atoms with Gasteiger partial charge in [0.15, 0.2) is 0 Å². The van der Waals surface area contributed by atoms with Crippen molar-refractivity contribution >= 4 is 0 Å². The zero-order chi connectivity index (χ0) is 9.68. The monoisotopic (exact) mass is 181 g/mol. The van der Waals surface area contributed by atoms with Gasteiger partial charge in [-0.2, -0.15) is 0 Å². The number of aryl methyl sites for hydroxylation is 1. The summed E-state index contributed by atoms with van der Waals surface area (Å²) in [5.74, 6) is 0. The van der Waals surface area contributed by atoms with Crippen LogP contribution in [0.5, 0.6) is 0 Å². The second-order valence-electron chi connectivity index (χ2n) is 3.45. The number of rotatable bonds is 5. The summed E-state index contributed by atoms with van der Waals surface area (Å²) in [5, 5.41) is 3.29. The molecule has 1 heterocycles. The third-order valence-corrected chi connectivity index (χ3v) is 2.28. The number of aromatic nitrogens is 2. The quantitative estimate of drug-likeness (QED) is 0.751. The van der Waals surface area contributed by atoms with Crippen LogP contribution < -0.4 is 5.32 Å². The number of hydrogen-bond acceptors (Lipinski definition) is 2. The first kappa shape index (κ1) is 10.3. The Hall–Kier alpha value is -0.830. The number of hydrogen-bond donors (Lipinski definition) is 1. The molecule has 1 aromatic rings. The Bertz CT molecular complexity index is 242. The molecular formula is C10H19N3. The molecule has 0 aliphatic heterocycles. The van der Waals surface area contributed by atoms with Gasteiger partial charge in [0.25, 0.3) is 0 Å². The van der Waals surface area contributed by atoms with Gasteiger partial charge in [0.1, 0.15) is 0 Å². The molecule has 0 bridgehead atoms. The van der Waals surface area contributed by atoms with Gasteiger partial charge in [-0.3, -0.25) is 0 Å². The van der Waals surface area contributed by atoms with Crippen LogP contribution in [0.1, 0.15) is 37.9 Å². The van der Waals surface area contributed by atoms with Gasteiger partial charge in [-0.1, -0.05) is 19.8 Å². The summed E-state index contributed by atoms with van der Waals surface area (Å²) in [6, 6.07) is 0.418. The van der Waals surface area contributed by atoms with Crippen LogP contribution in [-0.2, 0) is 7.05 Å². The lowest BCUT2D eigenvalue weighted by Gasteiger charge is -2.12. The average molecular weight is 181 g/mol. The molecule has 3 heteroatoms. The smallest absolute Gasteiger partial charge is 0.0947 e. The van der Waals surface area contributed by atoms with Gasteiger partial charge in [-0.15, -0.1) is 0 Å². The third kappa shape index (κ3) is 2.84. The highest BCUT2D eigenvalue weighted by atomic mass is 15.0. The van der Waals surface area contributed by atoms with Crippen LogP contribution in [0.4, 0.5) is 0 Å². The molecule has 0 fully saturated rings. The molecule has 0 saturated heterocycles. The maximum absolute atomic E-state index is 4.34. The molecule has 0 aromatic carbocycles. The molecule has 0 saturated carbocycles. The third-order valence-electron chi connectivity index (χ3n) is 2.28. The second kappa shape index (κ2) is 5.02. The van der Waals surface area contributed by atoms with Crippen molar-refractivity contribution in [3.05, 3.63) is 18.2 Å². The van der Waals surface area contributed by atoms with E-state index in [2.05, 4.69) is 23.4 Å². The van der Waals surface area contributed by atoms with Crippen LogP contribution in [0, 0.1) is 0 Å². The van der Waals surface area contributed by atoms with E-state index in [1.807, 2.05) is 25.0 Å². The van der Waals surface area contributed by atoms with Gasteiger partial charge in [0, 0.05) is 13.2 Å². The van der Waals surface area contributed by atoms with Gasteiger partial charge in [0.05, 0.1) is 18.1 Å². The second-order valence-corrected chi connectivity index (χ2v) is 3.45. The van der Waals surface area contributed by atoms with E-state index in [0.29, 0.717) is 6.04 Å². The Morgan fingerprint density at radius 1 is 1.62 bits per heavy atom. The van der Waals surface area contributed by atoms with Crippen LogP contribution in [0.15, 0.2) is 12.5 Å². The first-order chi connectivity index (χ1) is 6.27. The van der Waals surface area contributed by atoms with Crippen molar-refractivity contribution in [1.82, 2.24) is 14.9 Å². The minimum absolute atomic E-state index is 0.418. The number of nitrogens with one attached hydrogen (secondary N) is 1. The van der Waals surface area contributed by atoms with Crippen LogP contribution in [0.2, 0.25) is 0 Å². The normalized spacial score (nSPS) is 13.2. The lowest BCUT2D eigenvalue weighted by atomic mass is 10.1. The highest BCUT2D eigenvalue weighted by Gasteiger charge is 2.10. The molecule has 13 heavy (non-hydrogen) atoms. The average Bonchev–Trinajstić information content (AvgIpc) is 2.54. The molecule has 74 valence electrons. The van der Waals surface area contributed by atoms with Crippen molar-refractivity contribution < 1.29 is 0 Å². The molecule has 1 rings (SSSR count). The first-order valence-corrected chi connectivity index (χ1v) is 4.93. The van der Waals surface area contributed by atoms with E-state index < -0.39 is 0 Å². The number of unbranched alkanes of at least 4 members (excludes halogenated alkanes) is 1. The molecule has 1 unspecified atom stereocenters. The standard InChI is InChI=1S/C10H19N3/c1-4-5-6-9(11-2)10-7-13(3)8-12-10/h7-9,11H,4-6H2,1-3H3. The summed E-state index contributed by atoms with van der Waals surface area (Å²) in [4.78, 5) is 4.34. The largest absolute Gasteiger partial charge is 0.340 e. The zero-order valence-electron chi connectivity index (χ0n) is 8.75. The summed E-state index contributed by atoms with van der Waals surface area (Å²) >= 11 is 0.